The summed E-state index contributed by atoms with van der Waals surface area (Å²) < 4.78 is 2.05. The van der Waals surface area contributed by atoms with Crippen LogP contribution in [0, 0.1) is 30.1 Å². The molecule has 4 saturated carbocycles. The van der Waals surface area contributed by atoms with Gasteiger partial charge < -0.3 is 15.3 Å². The van der Waals surface area contributed by atoms with Gasteiger partial charge in [0.05, 0.1) is 18.0 Å². The van der Waals surface area contributed by atoms with Gasteiger partial charge in [0.2, 0.25) is 5.91 Å². The van der Waals surface area contributed by atoms with Crippen LogP contribution >= 0.6 is 0 Å². The third kappa shape index (κ3) is 8.55. The van der Waals surface area contributed by atoms with Gasteiger partial charge in [-0.3, -0.25) is 9.69 Å². The number of nitrogens with zero attached hydrogens (tertiary/aromatic N) is 5. The highest BCUT2D eigenvalue weighted by molar-refractivity contribution is 5.83. The highest BCUT2D eigenvalue weighted by Crippen LogP contribution is 2.61. The lowest BCUT2D eigenvalue weighted by Crippen LogP contribution is -2.48. The van der Waals surface area contributed by atoms with E-state index < -0.39 is 0 Å². The normalized spacial score (nSPS) is 23.7. The van der Waals surface area contributed by atoms with E-state index in [-0.39, 0.29) is 6.61 Å². The van der Waals surface area contributed by atoms with E-state index in [4.69, 9.17) is 10.1 Å². The van der Waals surface area contributed by atoms with Crippen molar-refractivity contribution >= 4 is 17.4 Å². The molecule has 4 bridgehead atoms. The first kappa shape index (κ1) is 37.2. The van der Waals surface area contributed by atoms with Crippen LogP contribution in [-0.2, 0) is 11.2 Å². The second-order valence-corrected chi connectivity index (χ2v) is 17.5. The molecule has 4 aromatic rings. The zero-order valence-corrected chi connectivity index (χ0v) is 32.7. The highest BCUT2D eigenvalue weighted by atomic mass is 16.3. The Morgan fingerprint density at radius 3 is 2.19 bits per heavy atom. The number of carbonyl (C=O) groups excluding carboxylic acids is 1. The summed E-state index contributed by atoms with van der Waals surface area (Å²) in [5.41, 5.74) is 7.95. The Labute approximate surface area is 322 Å². The summed E-state index contributed by atoms with van der Waals surface area (Å²) in [6.45, 7) is 7.46. The van der Waals surface area contributed by atoms with Crippen molar-refractivity contribution in [1.82, 2.24) is 24.8 Å². The van der Waals surface area contributed by atoms with E-state index in [1.165, 1.54) is 82.6 Å². The molecule has 5 aliphatic rings. The number of aliphatic hydroxyl groups is 1. The van der Waals surface area contributed by atoms with E-state index in [1.54, 1.807) is 0 Å². The van der Waals surface area contributed by atoms with Crippen molar-refractivity contribution in [3.8, 4) is 22.4 Å². The van der Waals surface area contributed by atoms with E-state index in [0.717, 1.165) is 116 Å². The molecule has 0 spiro atoms. The van der Waals surface area contributed by atoms with Crippen molar-refractivity contribution in [1.29, 1.82) is 0 Å². The predicted octanol–water partition coefficient (Wildman–Crippen LogP) is 8.48. The molecule has 1 aliphatic heterocycles. The third-order valence-electron chi connectivity index (χ3n) is 13.3. The van der Waals surface area contributed by atoms with Gasteiger partial charge in [-0.25, -0.2) is 4.98 Å². The average Bonchev–Trinajstić information content (AvgIpc) is 3.51. The van der Waals surface area contributed by atoms with Crippen molar-refractivity contribution < 1.29 is 9.90 Å². The van der Waals surface area contributed by atoms with Crippen molar-refractivity contribution in [2.75, 3.05) is 50.8 Å². The van der Waals surface area contributed by atoms with Gasteiger partial charge in [0.15, 0.2) is 5.65 Å². The minimum atomic E-state index is 0.196. The van der Waals surface area contributed by atoms with Crippen LogP contribution in [0.4, 0.5) is 5.82 Å². The van der Waals surface area contributed by atoms with Crippen molar-refractivity contribution in [2.45, 2.75) is 103 Å². The second kappa shape index (κ2) is 16.9. The molecule has 0 atom stereocenters. The van der Waals surface area contributed by atoms with Crippen LogP contribution in [0.1, 0.15) is 101 Å². The van der Waals surface area contributed by atoms with E-state index in [0.29, 0.717) is 11.3 Å². The van der Waals surface area contributed by atoms with E-state index in [1.807, 2.05) is 4.52 Å². The summed E-state index contributed by atoms with van der Waals surface area (Å²) in [7, 11) is 0. The molecule has 8 heteroatoms. The number of anilines is 1. The lowest BCUT2D eigenvalue weighted by atomic mass is 9.49. The molecule has 2 aromatic carbocycles. The largest absolute Gasteiger partial charge is 0.395 e. The maximum atomic E-state index is 12.9. The number of benzene rings is 2. The quantitative estimate of drug-likeness (QED) is 0.106. The SMILES string of the molecule is Cc1nn2c(N3CCN(CCO)CC3)cc(-c3cccc(CCCCCCCCCNC(=O)CC45CC6CC(CC(C6)C4)C5)c3)nc2c1-c1ccccc1. The molecule has 0 radical (unpaired) electrons. The zero-order valence-electron chi connectivity index (χ0n) is 32.7. The zero-order chi connectivity index (χ0) is 36.9. The number of nitrogens with one attached hydrogen (secondary N) is 1. The van der Waals surface area contributed by atoms with Gasteiger partial charge in [-0.1, -0.05) is 80.6 Å². The number of amides is 1. The number of carbonyl (C=O) groups is 1. The monoisotopic (exact) mass is 730 g/mol. The van der Waals surface area contributed by atoms with Crippen LogP contribution in [0.5, 0.6) is 0 Å². The molecule has 5 fully saturated rings. The number of aliphatic hydroxyl groups excluding tert-OH is 1. The number of hydrogen-bond donors (Lipinski definition) is 2. The third-order valence-corrected chi connectivity index (χ3v) is 13.3. The fraction of sp³-hybridized carbons (Fsp3) is 0.587. The molecule has 9 rings (SSSR count). The summed E-state index contributed by atoms with van der Waals surface area (Å²) in [5, 5.41) is 17.8. The minimum absolute atomic E-state index is 0.196. The molecule has 54 heavy (non-hydrogen) atoms. The number of rotatable bonds is 17. The number of fused-ring (bicyclic) bond motifs is 1. The summed E-state index contributed by atoms with van der Waals surface area (Å²) in [6.07, 6.45) is 18.7. The molecule has 288 valence electrons. The van der Waals surface area contributed by atoms with Gasteiger partial charge in [0.25, 0.3) is 0 Å². The Hall–Kier alpha value is -3.75. The number of hydrogen-bond acceptors (Lipinski definition) is 6. The Balaban J connectivity index is 0.819. The van der Waals surface area contributed by atoms with E-state index >= 15 is 0 Å². The summed E-state index contributed by atoms with van der Waals surface area (Å²) >= 11 is 0. The van der Waals surface area contributed by atoms with Gasteiger partial charge in [-0.2, -0.15) is 9.61 Å². The van der Waals surface area contributed by atoms with Gasteiger partial charge in [0.1, 0.15) is 5.82 Å². The molecule has 8 nitrogen and oxygen atoms in total. The first-order chi connectivity index (χ1) is 26.4. The molecule has 2 N–H and O–H groups in total. The molecule has 2 aromatic heterocycles. The van der Waals surface area contributed by atoms with Gasteiger partial charge in [-0.05, 0) is 105 Å². The van der Waals surface area contributed by atoms with Crippen molar-refractivity contribution in [3.63, 3.8) is 0 Å². The van der Waals surface area contributed by atoms with Gasteiger partial charge in [0, 0.05) is 62.9 Å². The second-order valence-electron chi connectivity index (χ2n) is 17.5. The van der Waals surface area contributed by atoms with E-state index in [2.05, 4.69) is 82.7 Å². The Bertz CT molecular complexity index is 1830. The summed E-state index contributed by atoms with van der Waals surface area (Å²) in [4.78, 5) is 22.9. The smallest absolute Gasteiger partial charge is 0.220 e. The highest BCUT2D eigenvalue weighted by Gasteiger charge is 2.51. The number of β-amino-alcohol motifs (C(OH)–C–C–N with tert-alkyl or cyclic N) is 1. The number of piperazine rings is 1. The lowest BCUT2D eigenvalue weighted by Gasteiger charge is -2.56. The fourth-order valence-electron chi connectivity index (χ4n) is 11.1. The van der Waals surface area contributed by atoms with Crippen LogP contribution in [0.3, 0.4) is 0 Å². The maximum absolute atomic E-state index is 12.9. The Morgan fingerprint density at radius 1 is 0.815 bits per heavy atom. The molecule has 1 saturated heterocycles. The minimum Gasteiger partial charge on any atom is -0.395 e. The van der Waals surface area contributed by atoms with Crippen LogP contribution < -0.4 is 10.2 Å². The summed E-state index contributed by atoms with van der Waals surface area (Å²) in [5.74, 6) is 4.14. The van der Waals surface area contributed by atoms with E-state index in [9.17, 15) is 9.90 Å². The van der Waals surface area contributed by atoms with Crippen LogP contribution in [-0.4, -0.2) is 76.4 Å². The van der Waals surface area contributed by atoms with Crippen LogP contribution in [0.25, 0.3) is 28.0 Å². The van der Waals surface area contributed by atoms with Crippen molar-refractivity contribution in [2.24, 2.45) is 23.2 Å². The van der Waals surface area contributed by atoms with Gasteiger partial charge in [-0.15, -0.1) is 0 Å². The van der Waals surface area contributed by atoms with Crippen molar-refractivity contribution in [3.05, 3.63) is 71.9 Å². The fourth-order valence-corrected chi connectivity index (χ4v) is 11.1. The first-order valence-corrected chi connectivity index (χ1v) is 21.4. The Kier molecular flexibility index (Phi) is 11.7. The number of aromatic nitrogens is 3. The number of unbranched alkanes of at least 4 members (excludes halogenated alkanes) is 6. The molecular weight excluding hydrogens is 669 g/mol. The standard InChI is InChI=1S/C46H62N6O2/c1-34-44(39-15-9-7-10-16-39)45-48-41(29-43(52(45)49-34)51-21-19-50(20-22-51)23-24-53)40-17-12-14-35(28-40)13-8-5-3-2-4-6-11-18-47-42(54)33-46-30-36-25-37(31-46)27-38(26-36)32-46/h7,9-10,12,14-17,28-29,36-38,53H,2-6,8,11,13,18-27,30-33H2,1H3,(H,47,54). The molecule has 0 unspecified atom stereocenters. The summed E-state index contributed by atoms with van der Waals surface area (Å²) in [6, 6.07) is 21.7. The number of aryl methyl sites for hydroxylation is 2. The predicted molar refractivity (Wildman–Crippen MR) is 219 cm³/mol. The molecule has 3 heterocycles. The average molecular weight is 731 g/mol. The molecular formula is C46H62N6O2. The maximum Gasteiger partial charge on any atom is 0.220 e. The molecule has 4 aliphatic carbocycles. The lowest BCUT2D eigenvalue weighted by molar-refractivity contribution is -0.129. The topological polar surface area (TPSA) is 86.0 Å². The van der Waals surface area contributed by atoms with Gasteiger partial charge >= 0.3 is 0 Å². The first-order valence-electron chi connectivity index (χ1n) is 21.4. The van der Waals surface area contributed by atoms with Crippen LogP contribution in [0.2, 0.25) is 0 Å². The molecule has 1 amide bonds. The van der Waals surface area contributed by atoms with Crippen LogP contribution in [0.15, 0.2) is 60.7 Å². The Morgan fingerprint density at radius 2 is 1.48 bits per heavy atom.